The Kier molecular flexibility index (Phi) is 5.33. The molecule has 3 aromatic rings. The third kappa shape index (κ3) is 3.65. The molecule has 0 saturated carbocycles. The first kappa shape index (κ1) is 19.7. The Balaban J connectivity index is 1.32. The SMILES string of the molecule is COc1ccc(CN2CCN(c3ncnc4sc5c(c34)C[C@H](C)CC5)CC2)cc1F. The largest absolute Gasteiger partial charge is 0.494 e. The lowest BCUT2D eigenvalue weighted by atomic mass is 9.88. The molecule has 1 aromatic carbocycles. The molecule has 3 heterocycles. The van der Waals surface area contributed by atoms with Gasteiger partial charge in [-0.3, -0.25) is 4.90 Å². The van der Waals surface area contributed by atoms with Crippen LogP contribution in [0.5, 0.6) is 5.75 Å². The third-order valence-corrected chi connectivity index (χ3v) is 7.56. The van der Waals surface area contributed by atoms with Crippen molar-refractivity contribution in [3.05, 3.63) is 46.3 Å². The zero-order valence-corrected chi connectivity index (χ0v) is 18.3. The van der Waals surface area contributed by atoms with Crippen molar-refractivity contribution in [3.8, 4) is 5.75 Å². The zero-order valence-electron chi connectivity index (χ0n) is 17.5. The fourth-order valence-corrected chi connectivity index (χ4v) is 5.87. The quantitative estimate of drug-likeness (QED) is 0.623. The van der Waals surface area contributed by atoms with Crippen molar-refractivity contribution in [2.24, 2.45) is 5.92 Å². The van der Waals surface area contributed by atoms with E-state index in [1.54, 1.807) is 18.5 Å². The van der Waals surface area contributed by atoms with Crippen LogP contribution in [0.3, 0.4) is 0 Å². The van der Waals surface area contributed by atoms with Crippen LogP contribution in [0.2, 0.25) is 0 Å². The summed E-state index contributed by atoms with van der Waals surface area (Å²) in [7, 11) is 1.49. The number of rotatable bonds is 4. The monoisotopic (exact) mass is 426 g/mol. The Morgan fingerprint density at radius 3 is 2.80 bits per heavy atom. The van der Waals surface area contributed by atoms with Crippen molar-refractivity contribution in [3.63, 3.8) is 0 Å². The predicted molar refractivity (Wildman–Crippen MR) is 119 cm³/mol. The average Bonchev–Trinajstić information content (AvgIpc) is 3.12. The Bertz CT molecular complexity index is 1060. The van der Waals surface area contributed by atoms with E-state index in [-0.39, 0.29) is 5.82 Å². The van der Waals surface area contributed by atoms with Crippen LogP contribution in [0.15, 0.2) is 24.5 Å². The Morgan fingerprint density at radius 2 is 2.03 bits per heavy atom. The van der Waals surface area contributed by atoms with E-state index in [2.05, 4.69) is 21.7 Å². The number of methoxy groups -OCH3 is 1. The molecule has 0 bridgehead atoms. The highest BCUT2D eigenvalue weighted by molar-refractivity contribution is 7.19. The summed E-state index contributed by atoms with van der Waals surface area (Å²) >= 11 is 1.85. The molecule has 0 spiro atoms. The van der Waals surface area contributed by atoms with Crippen LogP contribution in [0.25, 0.3) is 10.2 Å². The standard InChI is InChI=1S/C23H27FN4OS/c1-15-3-6-20-17(11-15)21-22(25-14-26-23(21)30-20)28-9-7-27(8-10-28)13-16-4-5-19(29-2)18(24)12-16/h4-5,12,14-15H,3,6-11,13H2,1-2H3/t15-/m1/s1. The minimum Gasteiger partial charge on any atom is -0.494 e. The molecule has 5 nitrogen and oxygen atoms in total. The first-order valence-corrected chi connectivity index (χ1v) is 11.5. The molecule has 2 aliphatic rings. The summed E-state index contributed by atoms with van der Waals surface area (Å²) in [6.45, 7) is 6.80. The van der Waals surface area contributed by atoms with Crippen molar-refractivity contribution in [1.82, 2.24) is 14.9 Å². The van der Waals surface area contributed by atoms with Crippen LogP contribution >= 0.6 is 11.3 Å². The lowest BCUT2D eigenvalue weighted by Gasteiger charge is -2.36. The normalized spacial score (nSPS) is 19.8. The number of fused-ring (bicyclic) bond motifs is 3. The van der Waals surface area contributed by atoms with Gasteiger partial charge in [0.05, 0.1) is 12.5 Å². The summed E-state index contributed by atoms with van der Waals surface area (Å²) in [4.78, 5) is 16.7. The van der Waals surface area contributed by atoms with Gasteiger partial charge in [-0.25, -0.2) is 14.4 Å². The molecule has 0 amide bonds. The van der Waals surface area contributed by atoms with Gasteiger partial charge in [-0.05, 0) is 48.4 Å². The number of anilines is 1. The van der Waals surface area contributed by atoms with Gasteiger partial charge in [-0.1, -0.05) is 13.0 Å². The Morgan fingerprint density at radius 1 is 1.20 bits per heavy atom. The minimum absolute atomic E-state index is 0.296. The van der Waals surface area contributed by atoms with E-state index in [0.717, 1.165) is 61.3 Å². The second-order valence-electron chi connectivity index (χ2n) is 8.46. The number of hydrogen-bond donors (Lipinski definition) is 0. The number of nitrogens with zero attached hydrogens (tertiary/aromatic N) is 4. The van der Waals surface area contributed by atoms with Gasteiger partial charge in [0, 0.05) is 37.6 Å². The van der Waals surface area contributed by atoms with Crippen molar-refractivity contribution in [2.45, 2.75) is 32.7 Å². The maximum Gasteiger partial charge on any atom is 0.165 e. The van der Waals surface area contributed by atoms with Gasteiger partial charge in [0.1, 0.15) is 17.0 Å². The van der Waals surface area contributed by atoms with Crippen molar-refractivity contribution < 1.29 is 9.13 Å². The van der Waals surface area contributed by atoms with Crippen LogP contribution in [0.4, 0.5) is 10.2 Å². The fourth-order valence-electron chi connectivity index (χ4n) is 4.69. The number of piperazine rings is 1. The predicted octanol–water partition coefficient (Wildman–Crippen LogP) is 4.29. The van der Waals surface area contributed by atoms with Crippen LogP contribution in [-0.2, 0) is 19.4 Å². The van der Waals surface area contributed by atoms with Crippen molar-refractivity contribution in [2.75, 3.05) is 38.2 Å². The number of halogens is 1. The Labute approximate surface area is 180 Å². The maximum atomic E-state index is 14.0. The highest BCUT2D eigenvalue weighted by Gasteiger charge is 2.26. The zero-order chi connectivity index (χ0) is 20.7. The molecule has 2 aromatic heterocycles. The highest BCUT2D eigenvalue weighted by atomic mass is 32.1. The second-order valence-corrected chi connectivity index (χ2v) is 9.54. The summed E-state index contributed by atoms with van der Waals surface area (Å²) < 4.78 is 19.0. The van der Waals surface area contributed by atoms with Gasteiger partial charge in [-0.2, -0.15) is 0 Å². The molecule has 1 saturated heterocycles. The van der Waals surface area contributed by atoms with E-state index in [1.165, 1.54) is 35.8 Å². The minimum atomic E-state index is -0.298. The van der Waals surface area contributed by atoms with Crippen LogP contribution < -0.4 is 9.64 Å². The number of ether oxygens (including phenoxy) is 1. The lowest BCUT2D eigenvalue weighted by molar-refractivity contribution is 0.249. The lowest BCUT2D eigenvalue weighted by Crippen LogP contribution is -2.46. The van der Waals surface area contributed by atoms with Gasteiger partial charge >= 0.3 is 0 Å². The molecular weight excluding hydrogens is 399 g/mol. The van der Waals surface area contributed by atoms with Crippen LogP contribution in [0, 0.1) is 11.7 Å². The topological polar surface area (TPSA) is 41.5 Å². The van der Waals surface area contributed by atoms with Gasteiger partial charge < -0.3 is 9.64 Å². The molecule has 158 valence electrons. The first-order chi connectivity index (χ1) is 14.6. The summed E-state index contributed by atoms with van der Waals surface area (Å²) in [5, 5.41) is 1.29. The summed E-state index contributed by atoms with van der Waals surface area (Å²) in [6.07, 6.45) is 5.30. The third-order valence-electron chi connectivity index (χ3n) is 6.36. The van der Waals surface area contributed by atoms with Crippen molar-refractivity contribution in [1.29, 1.82) is 0 Å². The van der Waals surface area contributed by atoms with E-state index in [4.69, 9.17) is 9.72 Å². The van der Waals surface area contributed by atoms with E-state index in [1.807, 2.05) is 17.4 Å². The molecule has 0 radical (unpaired) electrons. The highest BCUT2D eigenvalue weighted by Crippen LogP contribution is 2.40. The molecule has 0 N–H and O–H groups in total. The van der Waals surface area contributed by atoms with E-state index in [9.17, 15) is 4.39 Å². The molecule has 1 aliphatic carbocycles. The van der Waals surface area contributed by atoms with Gasteiger partial charge in [0.15, 0.2) is 11.6 Å². The molecule has 1 fully saturated rings. The fraction of sp³-hybridized carbons (Fsp3) is 0.478. The van der Waals surface area contributed by atoms with E-state index < -0.39 is 0 Å². The first-order valence-electron chi connectivity index (χ1n) is 10.7. The maximum absolute atomic E-state index is 14.0. The van der Waals surface area contributed by atoms with E-state index >= 15 is 0 Å². The van der Waals surface area contributed by atoms with Gasteiger partial charge in [-0.15, -0.1) is 11.3 Å². The summed E-state index contributed by atoms with van der Waals surface area (Å²) in [5.41, 5.74) is 2.47. The second kappa shape index (κ2) is 8.12. The number of aryl methyl sites for hydroxylation is 1. The molecule has 30 heavy (non-hydrogen) atoms. The molecule has 0 unspecified atom stereocenters. The van der Waals surface area contributed by atoms with Crippen molar-refractivity contribution >= 4 is 27.4 Å². The number of benzene rings is 1. The van der Waals surface area contributed by atoms with Crippen LogP contribution in [0.1, 0.15) is 29.3 Å². The molecule has 1 aliphatic heterocycles. The van der Waals surface area contributed by atoms with E-state index in [0.29, 0.717) is 5.75 Å². The molecular formula is C23H27FN4OS. The number of thiophene rings is 1. The summed E-state index contributed by atoms with van der Waals surface area (Å²) in [5.74, 6) is 1.82. The van der Waals surface area contributed by atoms with Gasteiger partial charge in [0.2, 0.25) is 0 Å². The van der Waals surface area contributed by atoms with Gasteiger partial charge in [0.25, 0.3) is 0 Å². The number of aromatic nitrogens is 2. The average molecular weight is 427 g/mol. The van der Waals surface area contributed by atoms with Crippen LogP contribution in [-0.4, -0.2) is 48.2 Å². The molecule has 1 atom stereocenters. The molecule has 5 rings (SSSR count). The number of hydrogen-bond acceptors (Lipinski definition) is 6. The summed E-state index contributed by atoms with van der Waals surface area (Å²) in [6, 6.07) is 5.23. The smallest absolute Gasteiger partial charge is 0.165 e. The Hall–Kier alpha value is -2.25. The molecule has 7 heteroatoms.